The molecule has 1 heterocycles. The van der Waals surface area contributed by atoms with E-state index in [4.69, 9.17) is 0 Å². The van der Waals surface area contributed by atoms with Crippen molar-refractivity contribution in [1.29, 1.82) is 0 Å². The van der Waals surface area contributed by atoms with Gasteiger partial charge in [0.2, 0.25) is 0 Å². The van der Waals surface area contributed by atoms with Crippen LogP contribution in [0.3, 0.4) is 0 Å². The van der Waals surface area contributed by atoms with Crippen LogP contribution in [0.2, 0.25) is 0 Å². The van der Waals surface area contributed by atoms with Crippen LogP contribution in [0, 0.1) is 5.92 Å². The number of hydrogen-bond donors (Lipinski definition) is 1. The summed E-state index contributed by atoms with van der Waals surface area (Å²) < 4.78 is 1.16. The molecule has 3 heteroatoms. The molecule has 17 heavy (non-hydrogen) atoms. The molecule has 1 aromatic rings. The summed E-state index contributed by atoms with van der Waals surface area (Å²) in [6.07, 6.45) is 1.30. The Hall–Kier alpha value is -0.380. The number of nitrogens with zero attached hydrogens (tertiary/aromatic N) is 1. The lowest BCUT2D eigenvalue weighted by molar-refractivity contribution is 0.238. The molecule has 1 aliphatic heterocycles. The molecule has 1 fully saturated rings. The number of likely N-dealkylation sites (tertiary alicyclic amines) is 1. The SMILES string of the molecule is CCN1CCC(CNC)C1c1ccc(Br)cc1. The second-order valence-corrected chi connectivity index (χ2v) is 5.65. The quantitative estimate of drug-likeness (QED) is 0.919. The summed E-state index contributed by atoms with van der Waals surface area (Å²) in [6, 6.07) is 9.40. The highest BCUT2D eigenvalue weighted by molar-refractivity contribution is 9.10. The van der Waals surface area contributed by atoms with Gasteiger partial charge in [0.05, 0.1) is 0 Å². The Balaban J connectivity index is 2.21. The summed E-state index contributed by atoms with van der Waals surface area (Å²) in [4.78, 5) is 2.59. The smallest absolute Gasteiger partial charge is 0.0388 e. The van der Waals surface area contributed by atoms with Crippen molar-refractivity contribution in [3.8, 4) is 0 Å². The zero-order chi connectivity index (χ0) is 12.3. The third-order valence-corrected chi connectivity index (χ3v) is 4.24. The van der Waals surface area contributed by atoms with E-state index >= 15 is 0 Å². The average Bonchev–Trinajstić information content (AvgIpc) is 2.74. The fourth-order valence-electron chi connectivity index (χ4n) is 2.90. The van der Waals surface area contributed by atoms with Gasteiger partial charge < -0.3 is 5.32 Å². The predicted molar refractivity (Wildman–Crippen MR) is 76.2 cm³/mol. The summed E-state index contributed by atoms with van der Waals surface area (Å²) in [5.74, 6) is 0.737. The maximum Gasteiger partial charge on any atom is 0.0388 e. The Morgan fingerprint density at radius 2 is 2.06 bits per heavy atom. The molecule has 2 nitrogen and oxygen atoms in total. The Labute approximate surface area is 113 Å². The van der Waals surface area contributed by atoms with Gasteiger partial charge in [-0.2, -0.15) is 0 Å². The summed E-state index contributed by atoms with van der Waals surface area (Å²) >= 11 is 3.51. The number of rotatable bonds is 4. The summed E-state index contributed by atoms with van der Waals surface area (Å²) in [6.45, 7) is 5.73. The van der Waals surface area contributed by atoms with E-state index < -0.39 is 0 Å². The fraction of sp³-hybridized carbons (Fsp3) is 0.571. The lowest BCUT2D eigenvalue weighted by Crippen LogP contribution is -2.29. The Kier molecular flexibility index (Phi) is 4.60. The maximum absolute atomic E-state index is 3.51. The lowest BCUT2D eigenvalue weighted by atomic mass is 9.93. The van der Waals surface area contributed by atoms with Crippen molar-refractivity contribution in [2.24, 2.45) is 5.92 Å². The van der Waals surface area contributed by atoms with E-state index in [9.17, 15) is 0 Å². The highest BCUT2D eigenvalue weighted by atomic mass is 79.9. The first-order valence-corrected chi connectivity index (χ1v) is 7.19. The summed E-state index contributed by atoms with van der Waals surface area (Å²) in [5.41, 5.74) is 1.45. The van der Waals surface area contributed by atoms with Crippen molar-refractivity contribution in [3.05, 3.63) is 34.3 Å². The molecule has 2 unspecified atom stereocenters. The fourth-order valence-corrected chi connectivity index (χ4v) is 3.16. The molecule has 0 aromatic heterocycles. The zero-order valence-electron chi connectivity index (χ0n) is 10.6. The predicted octanol–water partition coefficient (Wildman–Crippen LogP) is 3.05. The topological polar surface area (TPSA) is 15.3 Å². The first-order chi connectivity index (χ1) is 8.26. The first kappa shape index (κ1) is 13.1. The first-order valence-electron chi connectivity index (χ1n) is 6.40. The highest BCUT2D eigenvalue weighted by Gasteiger charge is 2.33. The van der Waals surface area contributed by atoms with E-state index in [-0.39, 0.29) is 0 Å². The van der Waals surface area contributed by atoms with Crippen LogP contribution < -0.4 is 5.32 Å². The van der Waals surface area contributed by atoms with Gasteiger partial charge in [-0.15, -0.1) is 0 Å². The van der Waals surface area contributed by atoms with E-state index in [0.29, 0.717) is 6.04 Å². The molecule has 0 amide bonds. The van der Waals surface area contributed by atoms with Gasteiger partial charge in [0.1, 0.15) is 0 Å². The van der Waals surface area contributed by atoms with Gasteiger partial charge >= 0.3 is 0 Å². The number of benzene rings is 1. The standard InChI is InChI=1S/C14H21BrN2/c1-3-17-9-8-12(10-16-2)14(17)11-4-6-13(15)7-5-11/h4-7,12,14,16H,3,8-10H2,1-2H3. The molecule has 0 spiro atoms. The van der Waals surface area contributed by atoms with Gasteiger partial charge in [-0.05, 0) is 56.7 Å². The molecule has 2 atom stereocenters. The third kappa shape index (κ3) is 2.90. The van der Waals surface area contributed by atoms with Crippen molar-refractivity contribution in [1.82, 2.24) is 10.2 Å². The van der Waals surface area contributed by atoms with E-state index in [0.717, 1.165) is 23.5 Å². The normalized spacial score (nSPS) is 25.4. The van der Waals surface area contributed by atoms with Gasteiger partial charge in [-0.1, -0.05) is 35.0 Å². The van der Waals surface area contributed by atoms with Crippen LogP contribution in [0.5, 0.6) is 0 Å². The zero-order valence-corrected chi connectivity index (χ0v) is 12.2. The van der Waals surface area contributed by atoms with E-state index in [2.05, 4.69) is 57.3 Å². The van der Waals surface area contributed by atoms with Crippen LogP contribution >= 0.6 is 15.9 Å². The summed E-state index contributed by atoms with van der Waals surface area (Å²) in [5, 5.41) is 3.33. The molecule has 0 bridgehead atoms. The number of halogens is 1. The van der Waals surface area contributed by atoms with Crippen LogP contribution in [0.1, 0.15) is 24.9 Å². The molecule has 2 rings (SSSR count). The van der Waals surface area contributed by atoms with Crippen LogP contribution in [0.15, 0.2) is 28.7 Å². The van der Waals surface area contributed by atoms with Gasteiger partial charge in [0, 0.05) is 10.5 Å². The van der Waals surface area contributed by atoms with E-state index in [1.807, 2.05) is 7.05 Å². The minimum absolute atomic E-state index is 0.584. The average molecular weight is 297 g/mol. The van der Waals surface area contributed by atoms with Gasteiger partial charge in [0.15, 0.2) is 0 Å². The monoisotopic (exact) mass is 296 g/mol. The minimum Gasteiger partial charge on any atom is -0.319 e. The van der Waals surface area contributed by atoms with Crippen molar-refractivity contribution < 1.29 is 0 Å². The lowest BCUT2D eigenvalue weighted by Gasteiger charge is -2.27. The van der Waals surface area contributed by atoms with Crippen molar-refractivity contribution in [3.63, 3.8) is 0 Å². The Morgan fingerprint density at radius 1 is 1.35 bits per heavy atom. The van der Waals surface area contributed by atoms with E-state index in [1.165, 1.54) is 18.5 Å². The molecule has 0 radical (unpaired) electrons. The van der Waals surface area contributed by atoms with E-state index in [1.54, 1.807) is 0 Å². The van der Waals surface area contributed by atoms with Crippen molar-refractivity contribution in [2.45, 2.75) is 19.4 Å². The second-order valence-electron chi connectivity index (χ2n) is 4.73. The largest absolute Gasteiger partial charge is 0.319 e. The van der Waals surface area contributed by atoms with Gasteiger partial charge in [-0.25, -0.2) is 0 Å². The van der Waals surface area contributed by atoms with Gasteiger partial charge in [0.25, 0.3) is 0 Å². The summed E-state index contributed by atoms with van der Waals surface area (Å²) in [7, 11) is 2.05. The number of nitrogens with one attached hydrogen (secondary N) is 1. The third-order valence-electron chi connectivity index (χ3n) is 3.71. The maximum atomic E-state index is 3.51. The van der Waals surface area contributed by atoms with Gasteiger partial charge in [-0.3, -0.25) is 4.90 Å². The van der Waals surface area contributed by atoms with Crippen molar-refractivity contribution >= 4 is 15.9 Å². The molecule has 0 saturated carbocycles. The number of hydrogen-bond acceptors (Lipinski definition) is 2. The highest BCUT2D eigenvalue weighted by Crippen LogP contribution is 2.36. The molecule has 94 valence electrons. The van der Waals surface area contributed by atoms with Crippen LogP contribution in [-0.4, -0.2) is 31.6 Å². The molecule has 1 aromatic carbocycles. The minimum atomic E-state index is 0.584. The van der Waals surface area contributed by atoms with Crippen LogP contribution in [-0.2, 0) is 0 Å². The Morgan fingerprint density at radius 3 is 2.65 bits per heavy atom. The molecular weight excluding hydrogens is 276 g/mol. The molecule has 1 aliphatic rings. The molecule has 0 aliphatic carbocycles. The van der Waals surface area contributed by atoms with Crippen molar-refractivity contribution in [2.75, 3.05) is 26.7 Å². The molecule has 1 N–H and O–H groups in total. The Bertz CT molecular complexity index is 350. The molecular formula is C14H21BrN2. The van der Waals surface area contributed by atoms with Crippen LogP contribution in [0.4, 0.5) is 0 Å². The van der Waals surface area contributed by atoms with Crippen LogP contribution in [0.25, 0.3) is 0 Å². The molecule has 1 saturated heterocycles. The second kappa shape index (κ2) is 5.98.